The monoisotopic (exact) mass is 262 g/mol. The van der Waals surface area contributed by atoms with Gasteiger partial charge in [-0.15, -0.1) is 0 Å². The maximum Gasteiger partial charge on any atom is 0.323 e. The minimum absolute atomic E-state index is 0.00347. The van der Waals surface area contributed by atoms with Gasteiger partial charge in [0.15, 0.2) is 12.9 Å². The average Bonchev–Trinajstić information content (AvgIpc) is 2.36. The lowest BCUT2D eigenvalue weighted by atomic mass is 10.3. The van der Waals surface area contributed by atoms with E-state index in [1.54, 1.807) is 6.92 Å². The summed E-state index contributed by atoms with van der Waals surface area (Å²) in [5.41, 5.74) is 0.00347. The van der Waals surface area contributed by atoms with Gasteiger partial charge in [-0.3, -0.25) is 4.79 Å². The molecule has 0 aliphatic heterocycles. The van der Waals surface area contributed by atoms with E-state index < -0.39 is 13.0 Å². The van der Waals surface area contributed by atoms with Crippen molar-refractivity contribution in [3.63, 3.8) is 0 Å². The summed E-state index contributed by atoms with van der Waals surface area (Å²) in [6.45, 7) is 1.08. The van der Waals surface area contributed by atoms with E-state index in [-0.39, 0.29) is 29.9 Å². The lowest BCUT2D eigenvalue weighted by Gasteiger charge is -2.10. The number of nitrogens with zero attached hydrogens (tertiary/aromatic N) is 2. The molecule has 0 radical (unpaired) electrons. The zero-order valence-corrected chi connectivity index (χ0v) is 9.85. The van der Waals surface area contributed by atoms with Crippen molar-refractivity contribution >= 4 is 6.29 Å². The molecule has 8 heteroatoms. The van der Waals surface area contributed by atoms with Crippen LogP contribution in [0.25, 0.3) is 0 Å². The van der Waals surface area contributed by atoms with Crippen LogP contribution in [0.5, 0.6) is 17.8 Å². The molecule has 0 unspecified atom stereocenters. The number of aldehydes is 1. The van der Waals surface area contributed by atoms with Crippen LogP contribution in [0, 0.1) is 0 Å². The van der Waals surface area contributed by atoms with Crippen LogP contribution in [-0.2, 0) is 0 Å². The lowest BCUT2D eigenvalue weighted by Crippen LogP contribution is -2.11. The lowest BCUT2D eigenvalue weighted by molar-refractivity contribution is 0.0759. The SMILES string of the molecule is CCOc1nc(OCC(F)F)nc(OC)c1C=O. The van der Waals surface area contributed by atoms with Crippen molar-refractivity contribution in [3.8, 4) is 17.8 Å². The van der Waals surface area contributed by atoms with Gasteiger partial charge in [0.2, 0.25) is 11.8 Å². The summed E-state index contributed by atoms with van der Waals surface area (Å²) in [6, 6.07) is -0.332. The smallest absolute Gasteiger partial charge is 0.323 e. The van der Waals surface area contributed by atoms with Crippen LogP contribution in [0.4, 0.5) is 8.78 Å². The molecule has 0 aromatic carbocycles. The van der Waals surface area contributed by atoms with Crippen LogP contribution in [0.2, 0.25) is 0 Å². The Morgan fingerprint density at radius 2 is 1.94 bits per heavy atom. The Hall–Kier alpha value is -1.99. The molecule has 1 rings (SSSR count). The molecule has 1 aromatic heterocycles. The van der Waals surface area contributed by atoms with Crippen molar-refractivity contribution in [2.24, 2.45) is 0 Å². The molecule has 0 aliphatic rings. The van der Waals surface area contributed by atoms with Gasteiger partial charge in [0.05, 0.1) is 13.7 Å². The van der Waals surface area contributed by atoms with Gasteiger partial charge >= 0.3 is 6.01 Å². The van der Waals surface area contributed by atoms with Gasteiger partial charge in [-0.05, 0) is 6.92 Å². The zero-order chi connectivity index (χ0) is 13.5. The highest BCUT2D eigenvalue weighted by Gasteiger charge is 2.17. The largest absolute Gasteiger partial charge is 0.480 e. The first-order valence-electron chi connectivity index (χ1n) is 5.07. The molecule has 100 valence electrons. The van der Waals surface area contributed by atoms with Crippen LogP contribution >= 0.6 is 0 Å². The molecule has 0 atom stereocenters. The van der Waals surface area contributed by atoms with E-state index >= 15 is 0 Å². The molecular weight excluding hydrogens is 250 g/mol. The second-order valence-electron chi connectivity index (χ2n) is 2.99. The molecule has 0 aliphatic carbocycles. The fourth-order valence-corrected chi connectivity index (χ4v) is 1.12. The fraction of sp³-hybridized carbons (Fsp3) is 0.500. The van der Waals surface area contributed by atoms with E-state index in [1.807, 2.05) is 0 Å². The van der Waals surface area contributed by atoms with Gasteiger partial charge < -0.3 is 14.2 Å². The Bertz CT molecular complexity index is 415. The van der Waals surface area contributed by atoms with Crippen molar-refractivity contribution in [2.45, 2.75) is 13.3 Å². The molecule has 0 amide bonds. The number of aromatic nitrogens is 2. The Morgan fingerprint density at radius 1 is 1.28 bits per heavy atom. The van der Waals surface area contributed by atoms with E-state index in [0.29, 0.717) is 6.29 Å². The highest BCUT2D eigenvalue weighted by Crippen LogP contribution is 2.25. The number of hydrogen-bond acceptors (Lipinski definition) is 6. The van der Waals surface area contributed by atoms with E-state index in [2.05, 4.69) is 14.7 Å². The maximum atomic E-state index is 12.0. The van der Waals surface area contributed by atoms with Crippen molar-refractivity contribution in [1.29, 1.82) is 0 Å². The first-order valence-corrected chi connectivity index (χ1v) is 5.07. The third-order valence-corrected chi connectivity index (χ3v) is 1.79. The summed E-state index contributed by atoms with van der Waals surface area (Å²) in [6.07, 6.45) is -2.19. The minimum atomic E-state index is -2.65. The number of carbonyl (C=O) groups excluding carboxylic acids is 1. The van der Waals surface area contributed by atoms with Gasteiger partial charge in [-0.25, -0.2) is 8.78 Å². The number of hydrogen-bond donors (Lipinski definition) is 0. The van der Waals surface area contributed by atoms with Gasteiger partial charge in [-0.1, -0.05) is 0 Å². The van der Waals surface area contributed by atoms with Crippen molar-refractivity contribution in [1.82, 2.24) is 9.97 Å². The van der Waals surface area contributed by atoms with Crippen molar-refractivity contribution in [2.75, 3.05) is 20.3 Å². The van der Waals surface area contributed by atoms with Crippen LogP contribution in [0.15, 0.2) is 0 Å². The van der Waals surface area contributed by atoms with E-state index in [1.165, 1.54) is 7.11 Å². The van der Waals surface area contributed by atoms with Crippen LogP contribution in [-0.4, -0.2) is 43.0 Å². The highest BCUT2D eigenvalue weighted by molar-refractivity contribution is 5.81. The number of alkyl halides is 2. The predicted octanol–water partition coefficient (Wildman–Crippen LogP) is 1.34. The maximum absolute atomic E-state index is 12.0. The number of rotatable bonds is 7. The second-order valence-corrected chi connectivity index (χ2v) is 2.99. The summed E-state index contributed by atoms with van der Waals surface area (Å²) in [4.78, 5) is 18.2. The second kappa shape index (κ2) is 6.67. The number of ether oxygens (including phenoxy) is 3. The molecule has 1 aromatic rings. The molecule has 0 fully saturated rings. The van der Waals surface area contributed by atoms with Crippen molar-refractivity contribution < 1.29 is 27.8 Å². The quantitative estimate of drug-likeness (QED) is 0.690. The summed E-state index contributed by atoms with van der Waals surface area (Å²) < 4.78 is 38.6. The van der Waals surface area contributed by atoms with Gasteiger partial charge in [0.25, 0.3) is 6.43 Å². The molecule has 1 heterocycles. The van der Waals surface area contributed by atoms with Crippen LogP contribution in [0.3, 0.4) is 0 Å². The number of methoxy groups -OCH3 is 1. The molecule has 0 spiro atoms. The van der Waals surface area contributed by atoms with E-state index in [0.717, 1.165) is 0 Å². The Morgan fingerprint density at radius 3 is 2.44 bits per heavy atom. The summed E-state index contributed by atoms with van der Waals surface area (Å²) in [5, 5.41) is 0. The summed E-state index contributed by atoms with van der Waals surface area (Å²) >= 11 is 0. The standard InChI is InChI=1S/C10H12F2N2O4/c1-3-17-9-6(4-15)8(16-2)13-10(14-9)18-5-7(11)12/h4,7H,3,5H2,1-2H3. The molecular formula is C10H12F2N2O4. The normalized spacial score (nSPS) is 10.3. The summed E-state index contributed by atoms with van der Waals surface area (Å²) in [7, 11) is 1.28. The number of carbonyl (C=O) groups is 1. The summed E-state index contributed by atoms with van der Waals surface area (Å²) in [5.74, 6) is -0.156. The van der Waals surface area contributed by atoms with Crippen LogP contribution < -0.4 is 14.2 Å². The molecule has 0 saturated heterocycles. The number of halogens is 2. The highest BCUT2D eigenvalue weighted by atomic mass is 19.3. The molecule has 6 nitrogen and oxygen atoms in total. The van der Waals surface area contributed by atoms with Crippen LogP contribution in [0.1, 0.15) is 17.3 Å². The molecule has 18 heavy (non-hydrogen) atoms. The van der Waals surface area contributed by atoms with Gasteiger partial charge in [0, 0.05) is 0 Å². The molecule has 0 bridgehead atoms. The topological polar surface area (TPSA) is 70.5 Å². The van der Waals surface area contributed by atoms with E-state index in [4.69, 9.17) is 9.47 Å². The van der Waals surface area contributed by atoms with Crippen molar-refractivity contribution in [3.05, 3.63) is 5.56 Å². The predicted molar refractivity (Wildman–Crippen MR) is 56.6 cm³/mol. The first-order chi connectivity index (χ1) is 8.62. The zero-order valence-electron chi connectivity index (χ0n) is 9.85. The Balaban J connectivity index is 3.06. The molecule has 0 saturated carbocycles. The third-order valence-electron chi connectivity index (χ3n) is 1.79. The van der Waals surface area contributed by atoms with E-state index in [9.17, 15) is 13.6 Å². The van der Waals surface area contributed by atoms with Gasteiger partial charge in [0.1, 0.15) is 5.56 Å². The first kappa shape index (κ1) is 14.1. The average molecular weight is 262 g/mol. The fourth-order valence-electron chi connectivity index (χ4n) is 1.12. The minimum Gasteiger partial charge on any atom is -0.480 e. The molecule has 0 N–H and O–H groups in total. The third kappa shape index (κ3) is 3.51. The Kier molecular flexibility index (Phi) is 5.22. The Labute approximate surface area is 102 Å². The van der Waals surface area contributed by atoms with Gasteiger partial charge in [-0.2, -0.15) is 9.97 Å².